The summed E-state index contributed by atoms with van der Waals surface area (Å²) >= 11 is 0. The number of hydrogen-bond donors (Lipinski definition) is 2. The van der Waals surface area contributed by atoms with Crippen LogP contribution in [0.4, 0.5) is 0 Å². The van der Waals surface area contributed by atoms with E-state index >= 15 is 0 Å². The van der Waals surface area contributed by atoms with E-state index in [1.807, 2.05) is 0 Å². The smallest absolute Gasteiger partial charge is 0.308 e. The minimum atomic E-state index is -0.614. The van der Waals surface area contributed by atoms with Gasteiger partial charge in [-0.1, -0.05) is 0 Å². The van der Waals surface area contributed by atoms with Crippen molar-refractivity contribution in [3.8, 4) is 11.5 Å². The van der Waals surface area contributed by atoms with Gasteiger partial charge >= 0.3 is 11.9 Å². The van der Waals surface area contributed by atoms with Crippen molar-refractivity contribution in [1.82, 2.24) is 9.97 Å². The summed E-state index contributed by atoms with van der Waals surface area (Å²) in [4.78, 5) is 51.4. The highest BCUT2D eigenvalue weighted by Gasteiger charge is 2.16. The predicted molar refractivity (Wildman–Crippen MR) is 85.3 cm³/mol. The molecule has 0 bridgehead atoms. The number of fused-ring (bicyclic) bond motifs is 3. The number of nitrogens with one attached hydrogen (secondary N) is 2. The van der Waals surface area contributed by atoms with Crippen LogP contribution in [0, 0.1) is 0 Å². The van der Waals surface area contributed by atoms with Gasteiger partial charge in [0.05, 0.1) is 21.8 Å². The van der Waals surface area contributed by atoms with Crippen molar-refractivity contribution in [2.75, 3.05) is 0 Å². The Balaban J connectivity index is 2.52. The summed E-state index contributed by atoms with van der Waals surface area (Å²) in [6, 6.07) is 5.34. The Hall–Kier alpha value is -3.42. The van der Waals surface area contributed by atoms with Crippen molar-refractivity contribution >= 4 is 33.7 Å². The van der Waals surface area contributed by atoms with E-state index in [0.29, 0.717) is 21.8 Å². The molecule has 2 aromatic heterocycles. The monoisotopic (exact) mass is 328 g/mol. The highest BCUT2D eigenvalue weighted by atomic mass is 16.5. The number of carbonyl (C=O) groups is 2. The van der Waals surface area contributed by atoms with E-state index in [9.17, 15) is 19.2 Å². The second-order valence-corrected chi connectivity index (χ2v) is 5.09. The summed E-state index contributed by atoms with van der Waals surface area (Å²) in [7, 11) is 0. The molecule has 3 aromatic rings. The lowest BCUT2D eigenvalue weighted by atomic mass is 10.1. The quantitative estimate of drug-likeness (QED) is 0.539. The zero-order valence-electron chi connectivity index (χ0n) is 12.8. The van der Waals surface area contributed by atoms with Crippen molar-refractivity contribution < 1.29 is 19.1 Å². The molecule has 24 heavy (non-hydrogen) atoms. The number of esters is 2. The number of aromatic amines is 2. The Morgan fingerprint density at radius 1 is 0.792 bits per heavy atom. The maximum atomic E-state index is 11.7. The van der Waals surface area contributed by atoms with Gasteiger partial charge in [0.25, 0.3) is 11.1 Å². The Morgan fingerprint density at radius 2 is 1.17 bits per heavy atom. The van der Waals surface area contributed by atoms with Crippen LogP contribution in [0.1, 0.15) is 13.8 Å². The van der Waals surface area contributed by atoms with E-state index in [1.54, 1.807) is 12.1 Å². The molecule has 0 saturated heterocycles. The van der Waals surface area contributed by atoms with Crippen molar-refractivity contribution in [2.45, 2.75) is 13.8 Å². The van der Waals surface area contributed by atoms with E-state index in [-0.39, 0.29) is 11.5 Å². The summed E-state index contributed by atoms with van der Waals surface area (Å²) in [6.07, 6.45) is 0. The normalized spacial score (nSPS) is 10.8. The number of aromatic nitrogens is 2. The number of carbonyl (C=O) groups excluding carboxylic acids is 2. The number of rotatable bonds is 2. The third-order valence-electron chi connectivity index (χ3n) is 3.25. The molecule has 2 heterocycles. The number of pyridine rings is 2. The molecule has 122 valence electrons. The summed E-state index contributed by atoms with van der Waals surface area (Å²) < 4.78 is 10.2. The second kappa shape index (κ2) is 5.65. The fourth-order valence-corrected chi connectivity index (χ4v) is 2.51. The third-order valence-corrected chi connectivity index (χ3v) is 3.25. The highest BCUT2D eigenvalue weighted by molar-refractivity contribution is 6.11. The zero-order chi connectivity index (χ0) is 17.4. The first-order chi connectivity index (χ1) is 11.3. The lowest BCUT2D eigenvalue weighted by molar-refractivity contribution is -0.132. The van der Waals surface area contributed by atoms with Crippen molar-refractivity contribution in [3.05, 3.63) is 45.0 Å². The molecule has 0 unspecified atom stereocenters. The van der Waals surface area contributed by atoms with E-state index < -0.39 is 23.1 Å². The Bertz CT molecular complexity index is 1020. The molecule has 0 aliphatic carbocycles. The number of H-pyrrole nitrogens is 2. The van der Waals surface area contributed by atoms with E-state index in [1.165, 1.54) is 13.8 Å². The maximum Gasteiger partial charge on any atom is 0.308 e. The molecule has 1 aromatic carbocycles. The first-order valence-electron chi connectivity index (χ1n) is 6.95. The van der Waals surface area contributed by atoms with E-state index in [0.717, 1.165) is 12.1 Å². The molecule has 0 fully saturated rings. The predicted octanol–water partition coefficient (Wildman–Crippen LogP) is 1.22. The first-order valence-corrected chi connectivity index (χ1v) is 6.95. The maximum absolute atomic E-state index is 11.7. The summed E-state index contributed by atoms with van der Waals surface area (Å²) in [5.74, 6) is -1.21. The molecule has 3 rings (SSSR count). The molecule has 0 aliphatic heterocycles. The van der Waals surface area contributed by atoms with Crippen LogP contribution >= 0.6 is 0 Å². The van der Waals surface area contributed by atoms with Crippen LogP contribution in [0.3, 0.4) is 0 Å². The number of ether oxygens (including phenoxy) is 2. The fraction of sp³-hybridized carbons (Fsp3) is 0.125. The molecular weight excluding hydrogens is 316 g/mol. The van der Waals surface area contributed by atoms with E-state index in [4.69, 9.17) is 9.47 Å². The third kappa shape index (κ3) is 2.76. The van der Waals surface area contributed by atoms with Crippen LogP contribution in [0.15, 0.2) is 33.9 Å². The van der Waals surface area contributed by atoms with E-state index in [2.05, 4.69) is 9.97 Å². The number of hydrogen-bond acceptors (Lipinski definition) is 6. The van der Waals surface area contributed by atoms with Crippen molar-refractivity contribution in [2.24, 2.45) is 0 Å². The second-order valence-electron chi connectivity index (χ2n) is 5.09. The minimum Gasteiger partial charge on any atom is -0.426 e. The molecule has 2 N–H and O–H groups in total. The van der Waals surface area contributed by atoms with Crippen LogP contribution in [0.5, 0.6) is 11.5 Å². The van der Waals surface area contributed by atoms with Crippen LogP contribution in [0.25, 0.3) is 21.8 Å². The minimum absolute atomic E-state index is 0.00676. The van der Waals surface area contributed by atoms with Crippen LogP contribution < -0.4 is 20.6 Å². The summed E-state index contributed by atoms with van der Waals surface area (Å²) in [5.41, 5.74) is -0.188. The van der Waals surface area contributed by atoms with Gasteiger partial charge in [0.15, 0.2) is 0 Å². The van der Waals surface area contributed by atoms with Gasteiger partial charge in [-0.15, -0.1) is 0 Å². The first kappa shape index (κ1) is 15.5. The number of benzene rings is 1. The molecule has 8 nitrogen and oxygen atoms in total. The van der Waals surface area contributed by atoms with Gasteiger partial charge in [-0.2, -0.15) is 0 Å². The lowest BCUT2D eigenvalue weighted by Crippen LogP contribution is -2.12. The molecule has 0 atom stereocenters. The largest absolute Gasteiger partial charge is 0.426 e. The lowest BCUT2D eigenvalue weighted by Gasteiger charge is -2.11. The van der Waals surface area contributed by atoms with Gasteiger partial charge in [0.2, 0.25) is 0 Å². The molecule has 0 spiro atoms. The summed E-state index contributed by atoms with van der Waals surface area (Å²) in [5, 5.41) is 0.685. The molecule has 0 aliphatic rings. The fourth-order valence-electron chi connectivity index (χ4n) is 2.51. The molecule has 0 saturated carbocycles. The SMILES string of the molecule is CC(=O)Oc1cc(=O)[nH]c2ccc3[nH]c(=O)cc(OC(C)=O)c3c12. The molecule has 8 heteroatoms. The Kier molecular flexibility index (Phi) is 3.64. The van der Waals surface area contributed by atoms with Gasteiger partial charge in [0.1, 0.15) is 11.5 Å². The van der Waals surface area contributed by atoms with Gasteiger partial charge in [0, 0.05) is 26.0 Å². The highest BCUT2D eigenvalue weighted by Crippen LogP contribution is 2.35. The topological polar surface area (TPSA) is 118 Å². The Morgan fingerprint density at radius 3 is 1.50 bits per heavy atom. The standard InChI is InChI=1S/C16H12N2O6/c1-7(19)23-11-5-13(21)17-9-3-4-10-16(15(9)11)12(24-8(2)20)6-14(22)18-10/h3-6H,1-2H3,(H,17,21)(H,18,22). The molecule has 0 amide bonds. The summed E-state index contributed by atoms with van der Waals surface area (Å²) in [6.45, 7) is 2.40. The molecular formula is C16H12N2O6. The zero-order valence-corrected chi connectivity index (χ0v) is 12.8. The van der Waals surface area contributed by atoms with Crippen LogP contribution in [-0.2, 0) is 9.59 Å². The van der Waals surface area contributed by atoms with Crippen molar-refractivity contribution in [3.63, 3.8) is 0 Å². The van der Waals surface area contributed by atoms with Gasteiger partial charge < -0.3 is 19.4 Å². The average molecular weight is 328 g/mol. The van der Waals surface area contributed by atoms with Gasteiger partial charge in [-0.3, -0.25) is 19.2 Å². The van der Waals surface area contributed by atoms with Crippen LogP contribution in [0.2, 0.25) is 0 Å². The van der Waals surface area contributed by atoms with Gasteiger partial charge in [-0.05, 0) is 12.1 Å². The molecule has 0 radical (unpaired) electrons. The van der Waals surface area contributed by atoms with Gasteiger partial charge in [-0.25, -0.2) is 0 Å². The Labute approximate surface area is 134 Å². The van der Waals surface area contributed by atoms with Crippen LogP contribution in [-0.4, -0.2) is 21.9 Å². The average Bonchev–Trinajstić information content (AvgIpc) is 2.45. The van der Waals surface area contributed by atoms with Crippen molar-refractivity contribution in [1.29, 1.82) is 0 Å².